The van der Waals surface area contributed by atoms with Crippen molar-refractivity contribution >= 4 is 53.2 Å². The summed E-state index contributed by atoms with van der Waals surface area (Å²) in [5.74, 6) is 3.73. The average molecular weight is 945 g/mol. The second-order valence-electron chi connectivity index (χ2n) is 14.7. The van der Waals surface area contributed by atoms with Crippen LogP contribution < -0.4 is 0 Å². The molecule has 2 nitrogen and oxygen atoms in total. The zero-order chi connectivity index (χ0) is 40.2. The molecule has 8 aromatic carbocycles. The summed E-state index contributed by atoms with van der Waals surface area (Å²) in [7, 11) is 0. The van der Waals surface area contributed by atoms with Crippen LogP contribution in [-0.4, -0.2) is 6.88 Å². The molecule has 6 heteroatoms. The molecular weight excluding hydrogens is 895 g/mol. The standard InChI is InChI=1S/2C27H21O.2CH3.2ClH.Si.Zr/c2*1-18-8-10-23-16-24(26-15-9-19(2)28-26)17-25(23)27(18)22-13-11-21(12-14-22)20-6-4-3-5-7-20;;;;;;/h2*3-17H,1-2H3;2*1H3;2*1H;;/q4*-1;;;;. The van der Waals surface area contributed by atoms with Gasteiger partial charge in [0, 0.05) is 0 Å². The SMILES string of the molecule is Cc1ccc(-c2cc3c(-c4ccc(-c5ccccc5)cc4)c(C)ccc3[cH-]2)o1.Cc1ccc(-c2cc3c(-c4ccc(-c5ccccc5)cc4)c(C)ccc3[cH-]2)o1.Cl.Cl.[CH3-].[CH3-].[Si]=[Zr]. The van der Waals surface area contributed by atoms with Gasteiger partial charge in [0.25, 0.3) is 0 Å². The van der Waals surface area contributed by atoms with Crippen LogP contribution in [0.5, 0.6) is 0 Å². The molecule has 0 fully saturated rings. The Labute approximate surface area is 396 Å². The summed E-state index contributed by atoms with van der Waals surface area (Å²) in [4.78, 5) is 0. The quantitative estimate of drug-likeness (QED) is 0.123. The molecule has 0 atom stereocenters. The van der Waals surface area contributed by atoms with Crippen molar-refractivity contribution in [3.05, 3.63) is 219 Å². The minimum absolute atomic E-state index is 0. The Bertz CT molecular complexity index is 2750. The predicted molar refractivity (Wildman–Crippen MR) is 268 cm³/mol. The molecule has 0 N–H and O–H groups in total. The Morgan fingerprint density at radius 3 is 1.03 bits per heavy atom. The Morgan fingerprint density at radius 1 is 0.387 bits per heavy atom. The number of rotatable bonds is 6. The van der Waals surface area contributed by atoms with E-state index in [1.807, 2.05) is 38.1 Å². The first-order valence-electron chi connectivity index (χ1n) is 19.5. The van der Waals surface area contributed by atoms with Crippen LogP contribution in [0.3, 0.4) is 0 Å². The van der Waals surface area contributed by atoms with Crippen LogP contribution in [-0.2, 0) is 23.3 Å². The normalized spacial score (nSPS) is 10.2. The summed E-state index contributed by atoms with van der Waals surface area (Å²) in [5, 5.41) is 5.04. The van der Waals surface area contributed by atoms with E-state index in [1.165, 1.54) is 101 Å². The molecule has 0 aliphatic rings. The van der Waals surface area contributed by atoms with E-state index in [4.69, 9.17) is 8.83 Å². The van der Waals surface area contributed by atoms with E-state index in [1.54, 1.807) is 0 Å². The maximum atomic E-state index is 5.84. The van der Waals surface area contributed by atoms with Gasteiger partial charge in [0.2, 0.25) is 0 Å². The van der Waals surface area contributed by atoms with Crippen molar-refractivity contribution in [2.45, 2.75) is 27.7 Å². The fourth-order valence-electron chi connectivity index (χ4n) is 7.93. The summed E-state index contributed by atoms with van der Waals surface area (Å²) in [6.45, 7) is 11.4. The number of benzene rings is 6. The van der Waals surface area contributed by atoms with Gasteiger partial charge in [-0.15, -0.1) is 82.8 Å². The Morgan fingerprint density at radius 2 is 0.710 bits per heavy atom. The van der Waals surface area contributed by atoms with Gasteiger partial charge >= 0.3 is 30.2 Å². The van der Waals surface area contributed by atoms with Crippen LogP contribution in [0.4, 0.5) is 0 Å². The molecule has 0 amide bonds. The molecule has 0 aliphatic heterocycles. The number of aryl methyl sites for hydroxylation is 4. The van der Waals surface area contributed by atoms with E-state index in [0.717, 1.165) is 34.2 Å². The molecule has 62 heavy (non-hydrogen) atoms. The van der Waals surface area contributed by atoms with Gasteiger partial charge in [0.05, 0.1) is 23.0 Å². The van der Waals surface area contributed by atoms with Crippen LogP contribution in [0, 0.1) is 42.5 Å². The molecule has 0 bridgehead atoms. The van der Waals surface area contributed by atoms with E-state index < -0.39 is 0 Å². The zero-order valence-corrected chi connectivity index (χ0v) is 41.0. The molecule has 2 heterocycles. The number of hydrogen-bond donors (Lipinski definition) is 0. The van der Waals surface area contributed by atoms with Crippen LogP contribution in [0.25, 0.3) is 88.7 Å². The number of fused-ring (bicyclic) bond motifs is 2. The van der Waals surface area contributed by atoms with Gasteiger partial charge < -0.3 is 23.7 Å². The van der Waals surface area contributed by atoms with E-state index in [2.05, 4.69) is 178 Å². The summed E-state index contributed by atoms with van der Waals surface area (Å²) < 4.78 is 11.7. The van der Waals surface area contributed by atoms with Crippen molar-refractivity contribution < 1.29 is 32.2 Å². The topological polar surface area (TPSA) is 26.3 Å². The molecule has 0 saturated carbocycles. The van der Waals surface area contributed by atoms with Crippen molar-refractivity contribution in [3.8, 4) is 67.2 Å². The number of halogens is 2. The van der Waals surface area contributed by atoms with Crippen LogP contribution in [0.2, 0.25) is 0 Å². The summed E-state index contributed by atoms with van der Waals surface area (Å²) in [5.41, 5.74) is 14.9. The van der Waals surface area contributed by atoms with E-state index in [-0.39, 0.29) is 39.7 Å². The average Bonchev–Trinajstić information content (AvgIpc) is 4.10. The molecule has 0 unspecified atom stereocenters. The van der Waals surface area contributed by atoms with E-state index >= 15 is 0 Å². The molecule has 2 radical (unpaired) electrons. The van der Waals surface area contributed by atoms with Gasteiger partial charge in [-0.2, -0.15) is 0 Å². The minimum atomic E-state index is 0. The van der Waals surface area contributed by atoms with Crippen molar-refractivity contribution in [1.82, 2.24) is 0 Å². The Hall–Kier alpha value is -5.22. The Balaban J connectivity index is 0.000000247. The van der Waals surface area contributed by atoms with E-state index in [0.29, 0.717) is 0 Å². The first-order chi connectivity index (χ1) is 28.4. The second kappa shape index (κ2) is 22.2. The summed E-state index contributed by atoms with van der Waals surface area (Å²) >= 11 is 1.36. The molecule has 312 valence electrons. The molecule has 10 aromatic rings. The van der Waals surface area contributed by atoms with Crippen LogP contribution in [0.15, 0.2) is 191 Å². The summed E-state index contributed by atoms with van der Waals surface area (Å²) in [6.07, 6.45) is 0. The number of hydrogen-bond acceptors (Lipinski definition) is 2. The third kappa shape index (κ3) is 10.5. The predicted octanol–water partition coefficient (Wildman–Crippen LogP) is 16.9. The second-order valence-corrected chi connectivity index (χ2v) is 14.7. The van der Waals surface area contributed by atoms with Gasteiger partial charge in [-0.1, -0.05) is 144 Å². The third-order valence-electron chi connectivity index (χ3n) is 10.8. The molecule has 0 aliphatic carbocycles. The number of furan rings is 2. The molecule has 0 saturated heterocycles. The van der Waals surface area contributed by atoms with Gasteiger partial charge in [-0.25, -0.2) is 0 Å². The first-order valence-corrected chi connectivity index (χ1v) is 23.7. The van der Waals surface area contributed by atoms with Gasteiger partial charge in [0.1, 0.15) is 0 Å². The van der Waals surface area contributed by atoms with Crippen molar-refractivity contribution in [2.24, 2.45) is 0 Å². The molecule has 10 rings (SSSR count). The summed E-state index contributed by atoms with van der Waals surface area (Å²) in [6, 6.07) is 64.7. The van der Waals surface area contributed by atoms with Crippen molar-refractivity contribution in [3.63, 3.8) is 0 Å². The van der Waals surface area contributed by atoms with Gasteiger partial charge in [0.15, 0.2) is 0 Å². The van der Waals surface area contributed by atoms with Crippen molar-refractivity contribution in [1.29, 1.82) is 0 Å². The zero-order valence-electron chi connectivity index (χ0n) is 36.0. The maximum absolute atomic E-state index is 5.84. The monoisotopic (exact) mass is 942 g/mol. The molecular formula is C56H50Cl2O2SiZr-4. The molecule has 0 spiro atoms. The van der Waals surface area contributed by atoms with Crippen LogP contribution in [0.1, 0.15) is 22.6 Å². The van der Waals surface area contributed by atoms with E-state index in [9.17, 15) is 0 Å². The fourth-order valence-corrected chi connectivity index (χ4v) is 7.93. The third-order valence-corrected chi connectivity index (χ3v) is 10.8. The van der Waals surface area contributed by atoms with Gasteiger partial charge in [-0.05, 0) is 96.5 Å². The Kier molecular flexibility index (Phi) is 17.7. The van der Waals surface area contributed by atoms with Gasteiger partial charge in [-0.3, -0.25) is 0 Å². The van der Waals surface area contributed by atoms with Crippen LogP contribution >= 0.6 is 24.8 Å². The van der Waals surface area contributed by atoms with Crippen molar-refractivity contribution in [2.75, 3.05) is 0 Å². The first kappa shape index (κ1) is 49.4. The fraction of sp³-hybridized carbons (Fsp3) is 0.0714. The molecule has 2 aromatic heterocycles.